The zero-order chi connectivity index (χ0) is 15.3. The van der Waals surface area contributed by atoms with Gasteiger partial charge in [0, 0.05) is 30.0 Å². The van der Waals surface area contributed by atoms with Crippen LogP contribution in [0.25, 0.3) is 0 Å². The van der Waals surface area contributed by atoms with E-state index >= 15 is 0 Å². The number of nitrogens with zero attached hydrogens (tertiary/aromatic N) is 1. The highest BCUT2D eigenvalue weighted by Crippen LogP contribution is 2.57. The van der Waals surface area contributed by atoms with Crippen molar-refractivity contribution in [1.29, 1.82) is 0 Å². The van der Waals surface area contributed by atoms with Gasteiger partial charge in [-0.1, -0.05) is 27.7 Å². The Morgan fingerprint density at radius 2 is 1.86 bits per heavy atom. The van der Waals surface area contributed by atoms with Crippen molar-refractivity contribution in [2.24, 2.45) is 28.9 Å². The molecule has 0 amide bonds. The molecule has 1 saturated carbocycles. The highest BCUT2D eigenvalue weighted by atomic mass is 16.5. The molecule has 3 heteroatoms. The standard InChI is InChI=1S/C18H34N2O/c1-13(2)14-7-9-20(10-8-14)12-18(19)15-6-5-11-21-16(15)17(18,3)4/h13-16H,5-12,19H2,1-4H3. The molecule has 1 aliphatic carbocycles. The molecule has 3 atom stereocenters. The molecule has 0 aromatic heterocycles. The summed E-state index contributed by atoms with van der Waals surface area (Å²) in [5.74, 6) is 2.31. The number of hydrogen-bond donors (Lipinski definition) is 1. The van der Waals surface area contributed by atoms with Gasteiger partial charge in [-0.15, -0.1) is 0 Å². The lowest BCUT2D eigenvalue weighted by Crippen LogP contribution is -2.80. The highest BCUT2D eigenvalue weighted by Gasteiger charge is 2.66. The van der Waals surface area contributed by atoms with Gasteiger partial charge in [0.15, 0.2) is 0 Å². The van der Waals surface area contributed by atoms with E-state index in [0.29, 0.717) is 12.0 Å². The lowest BCUT2D eigenvalue weighted by molar-refractivity contribution is -0.232. The first-order valence-electron chi connectivity index (χ1n) is 8.99. The Morgan fingerprint density at radius 1 is 1.19 bits per heavy atom. The Bertz CT molecular complexity index is 373. The average Bonchev–Trinajstić information content (AvgIpc) is 2.47. The molecule has 0 radical (unpaired) electrons. The zero-order valence-corrected chi connectivity index (χ0v) is 14.4. The maximum absolute atomic E-state index is 6.94. The van der Waals surface area contributed by atoms with Gasteiger partial charge in [0.1, 0.15) is 0 Å². The Labute approximate surface area is 130 Å². The van der Waals surface area contributed by atoms with Crippen LogP contribution in [0.2, 0.25) is 0 Å². The fraction of sp³-hybridized carbons (Fsp3) is 1.00. The van der Waals surface area contributed by atoms with Crippen LogP contribution in [0.1, 0.15) is 53.4 Å². The molecule has 0 spiro atoms. The smallest absolute Gasteiger partial charge is 0.0690 e. The van der Waals surface area contributed by atoms with E-state index in [1.165, 1.54) is 38.8 Å². The molecule has 2 heterocycles. The van der Waals surface area contributed by atoms with Crippen LogP contribution >= 0.6 is 0 Å². The third-order valence-corrected chi connectivity index (χ3v) is 6.96. The van der Waals surface area contributed by atoms with Gasteiger partial charge in [-0.05, 0) is 50.6 Å². The second kappa shape index (κ2) is 5.50. The summed E-state index contributed by atoms with van der Waals surface area (Å²) in [5, 5.41) is 0. The minimum atomic E-state index is -0.0528. The van der Waals surface area contributed by atoms with Crippen LogP contribution in [0.3, 0.4) is 0 Å². The van der Waals surface area contributed by atoms with Gasteiger partial charge >= 0.3 is 0 Å². The van der Waals surface area contributed by atoms with Crippen molar-refractivity contribution in [3.8, 4) is 0 Å². The van der Waals surface area contributed by atoms with Gasteiger partial charge in [0.25, 0.3) is 0 Å². The summed E-state index contributed by atoms with van der Waals surface area (Å²) >= 11 is 0. The van der Waals surface area contributed by atoms with Crippen LogP contribution in [0, 0.1) is 23.2 Å². The van der Waals surface area contributed by atoms with Crippen molar-refractivity contribution >= 4 is 0 Å². The maximum Gasteiger partial charge on any atom is 0.0690 e. The van der Waals surface area contributed by atoms with E-state index in [4.69, 9.17) is 10.5 Å². The van der Waals surface area contributed by atoms with Crippen LogP contribution in [-0.2, 0) is 4.74 Å². The molecule has 0 aromatic carbocycles. The third kappa shape index (κ3) is 2.46. The number of fused-ring (bicyclic) bond motifs is 1. The van der Waals surface area contributed by atoms with Crippen LogP contribution in [0.4, 0.5) is 0 Å². The number of ether oxygens (including phenoxy) is 1. The molecule has 3 aliphatic rings. The number of nitrogens with two attached hydrogens (primary N) is 1. The SMILES string of the molecule is CC(C)C1CCN(CC2(N)C3CCCOC3C2(C)C)CC1. The third-order valence-electron chi connectivity index (χ3n) is 6.96. The molecular weight excluding hydrogens is 260 g/mol. The Balaban J connectivity index is 1.62. The van der Waals surface area contributed by atoms with Gasteiger partial charge in [-0.2, -0.15) is 0 Å². The summed E-state index contributed by atoms with van der Waals surface area (Å²) < 4.78 is 6.03. The highest BCUT2D eigenvalue weighted by molar-refractivity contribution is 5.20. The summed E-state index contributed by atoms with van der Waals surface area (Å²) in [5.41, 5.74) is 7.00. The number of likely N-dealkylation sites (tertiary alicyclic amines) is 1. The molecule has 0 bridgehead atoms. The van der Waals surface area contributed by atoms with E-state index in [1.807, 2.05) is 0 Å². The number of rotatable bonds is 3. The van der Waals surface area contributed by atoms with Crippen LogP contribution < -0.4 is 5.73 Å². The first-order chi connectivity index (χ1) is 9.86. The molecule has 122 valence electrons. The van der Waals surface area contributed by atoms with Crippen molar-refractivity contribution in [1.82, 2.24) is 4.90 Å². The first-order valence-corrected chi connectivity index (χ1v) is 8.99. The molecule has 0 aromatic rings. The Hall–Kier alpha value is -0.120. The van der Waals surface area contributed by atoms with Crippen LogP contribution in [-0.4, -0.2) is 42.8 Å². The summed E-state index contributed by atoms with van der Waals surface area (Å²) in [7, 11) is 0. The lowest BCUT2D eigenvalue weighted by atomic mass is 9.46. The minimum Gasteiger partial charge on any atom is -0.377 e. The van der Waals surface area contributed by atoms with E-state index < -0.39 is 0 Å². The first kappa shape index (κ1) is 15.8. The van der Waals surface area contributed by atoms with Crippen molar-refractivity contribution in [3.63, 3.8) is 0 Å². The molecule has 2 N–H and O–H groups in total. The molecule has 3 nitrogen and oxygen atoms in total. The molecule has 3 rings (SSSR count). The predicted octanol–water partition coefficient (Wildman–Crippen LogP) is 2.89. The molecule has 3 fully saturated rings. The maximum atomic E-state index is 6.94. The fourth-order valence-corrected chi connectivity index (χ4v) is 5.14. The van der Waals surface area contributed by atoms with Gasteiger partial charge < -0.3 is 15.4 Å². The van der Waals surface area contributed by atoms with Gasteiger partial charge in [0.05, 0.1) is 6.10 Å². The molecule has 2 saturated heterocycles. The molecule has 3 unspecified atom stereocenters. The second-order valence-electron chi connectivity index (χ2n) is 8.66. The lowest BCUT2D eigenvalue weighted by Gasteiger charge is -2.67. The van der Waals surface area contributed by atoms with Crippen molar-refractivity contribution in [2.75, 3.05) is 26.2 Å². The normalized spacial score (nSPS) is 40.9. The molecule has 21 heavy (non-hydrogen) atoms. The predicted molar refractivity (Wildman–Crippen MR) is 87.2 cm³/mol. The second-order valence-corrected chi connectivity index (χ2v) is 8.66. The quantitative estimate of drug-likeness (QED) is 0.870. The van der Waals surface area contributed by atoms with Crippen molar-refractivity contribution in [3.05, 3.63) is 0 Å². The largest absolute Gasteiger partial charge is 0.377 e. The van der Waals surface area contributed by atoms with Gasteiger partial charge in [-0.3, -0.25) is 0 Å². The molecular formula is C18H34N2O. The monoisotopic (exact) mass is 294 g/mol. The van der Waals surface area contributed by atoms with Crippen LogP contribution in [0.15, 0.2) is 0 Å². The Kier molecular flexibility index (Phi) is 4.13. The van der Waals surface area contributed by atoms with E-state index in [2.05, 4.69) is 32.6 Å². The van der Waals surface area contributed by atoms with E-state index in [9.17, 15) is 0 Å². The van der Waals surface area contributed by atoms with E-state index in [-0.39, 0.29) is 11.0 Å². The number of piperidine rings is 1. The van der Waals surface area contributed by atoms with Gasteiger partial charge in [0.2, 0.25) is 0 Å². The van der Waals surface area contributed by atoms with E-state index in [0.717, 1.165) is 25.0 Å². The summed E-state index contributed by atoms with van der Waals surface area (Å²) in [4.78, 5) is 2.63. The summed E-state index contributed by atoms with van der Waals surface area (Å²) in [6.07, 6.45) is 5.53. The van der Waals surface area contributed by atoms with E-state index in [1.54, 1.807) is 0 Å². The topological polar surface area (TPSA) is 38.5 Å². The van der Waals surface area contributed by atoms with Crippen molar-refractivity contribution in [2.45, 2.75) is 65.0 Å². The molecule has 2 aliphatic heterocycles. The van der Waals surface area contributed by atoms with Gasteiger partial charge in [-0.25, -0.2) is 0 Å². The Morgan fingerprint density at radius 3 is 2.48 bits per heavy atom. The number of hydrogen-bond acceptors (Lipinski definition) is 3. The fourth-order valence-electron chi connectivity index (χ4n) is 5.14. The summed E-state index contributed by atoms with van der Waals surface area (Å²) in [6, 6.07) is 0. The van der Waals surface area contributed by atoms with Crippen molar-refractivity contribution < 1.29 is 4.74 Å². The average molecular weight is 294 g/mol. The zero-order valence-electron chi connectivity index (χ0n) is 14.4. The summed E-state index contributed by atoms with van der Waals surface area (Å²) in [6.45, 7) is 13.8. The minimum absolute atomic E-state index is 0.0528. The van der Waals surface area contributed by atoms with Crippen LogP contribution in [0.5, 0.6) is 0 Å².